The molecule has 170 valence electrons. The molecule has 5 rings (SSSR count). The number of rotatable bonds is 0. The molecule has 0 N–H and O–H groups in total. The first-order valence-electron chi connectivity index (χ1n) is 12.9. The van der Waals surface area contributed by atoms with Crippen LogP contribution in [0.15, 0.2) is 35.5 Å². The third kappa shape index (κ3) is 2.59. The van der Waals surface area contributed by atoms with Crippen LogP contribution in [0, 0.1) is 44.3 Å². The molecule has 3 saturated carbocycles. The second-order valence-electron chi connectivity index (χ2n) is 14.3. The summed E-state index contributed by atoms with van der Waals surface area (Å²) in [6.07, 6.45) is 18.5. The number of carbonyl (C=O) groups excluding carboxylic acids is 1. The lowest BCUT2D eigenvalue weighted by Gasteiger charge is -2.71. The van der Waals surface area contributed by atoms with Gasteiger partial charge < -0.3 is 0 Å². The van der Waals surface area contributed by atoms with Crippen molar-refractivity contribution < 1.29 is 4.79 Å². The van der Waals surface area contributed by atoms with E-state index in [1.54, 1.807) is 0 Å². The van der Waals surface area contributed by atoms with E-state index in [2.05, 4.69) is 73.6 Å². The first-order chi connectivity index (χ1) is 14.2. The van der Waals surface area contributed by atoms with E-state index in [4.69, 9.17) is 0 Å². The van der Waals surface area contributed by atoms with E-state index >= 15 is 0 Å². The Labute approximate surface area is 190 Å². The fraction of sp³-hybridized carbons (Fsp3) is 0.767. The van der Waals surface area contributed by atoms with Crippen LogP contribution in [0.4, 0.5) is 0 Å². The molecule has 0 aromatic rings. The zero-order valence-corrected chi connectivity index (χ0v) is 21.3. The van der Waals surface area contributed by atoms with E-state index in [9.17, 15) is 4.79 Å². The molecule has 0 heterocycles. The summed E-state index contributed by atoms with van der Waals surface area (Å²) in [5.74, 6) is 1.62. The Bertz CT molecular complexity index is 928. The summed E-state index contributed by atoms with van der Waals surface area (Å²) in [4.78, 5) is 12.7. The summed E-state index contributed by atoms with van der Waals surface area (Å²) in [7, 11) is 0. The van der Waals surface area contributed by atoms with Gasteiger partial charge in [-0.05, 0) is 115 Å². The molecule has 0 bridgehead atoms. The van der Waals surface area contributed by atoms with Crippen LogP contribution in [-0.2, 0) is 4.79 Å². The monoisotopic (exact) mass is 420 g/mol. The zero-order chi connectivity index (χ0) is 22.7. The Kier molecular flexibility index (Phi) is 4.25. The second kappa shape index (κ2) is 6.06. The fourth-order valence-electron chi connectivity index (χ4n) is 9.21. The highest BCUT2D eigenvalue weighted by molar-refractivity contribution is 5.99. The van der Waals surface area contributed by atoms with Gasteiger partial charge in [-0.25, -0.2) is 0 Å². The molecule has 0 aliphatic heterocycles. The highest BCUT2D eigenvalue weighted by Crippen LogP contribution is 2.75. The molecule has 0 radical (unpaired) electrons. The normalized spacial score (nSPS) is 49.7. The Morgan fingerprint density at radius 3 is 2.06 bits per heavy atom. The van der Waals surface area contributed by atoms with Gasteiger partial charge in [0.15, 0.2) is 5.78 Å². The largest absolute Gasteiger partial charge is 0.294 e. The van der Waals surface area contributed by atoms with Gasteiger partial charge in [0.2, 0.25) is 0 Å². The van der Waals surface area contributed by atoms with E-state index < -0.39 is 5.41 Å². The Hall–Kier alpha value is -1.11. The average Bonchev–Trinajstić information content (AvgIpc) is 2.68. The topological polar surface area (TPSA) is 17.1 Å². The van der Waals surface area contributed by atoms with E-state index in [0.717, 1.165) is 5.92 Å². The molecule has 0 amide bonds. The molecule has 31 heavy (non-hydrogen) atoms. The summed E-state index contributed by atoms with van der Waals surface area (Å²) < 4.78 is 0. The summed E-state index contributed by atoms with van der Waals surface area (Å²) in [6.45, 7) is 19.7. The van der Waals surface area contributed by atoms with Crippen molar-refractivity contribution in [3.63, 3.8) is 0 Å². The molecule has 0 aromatic heterocycles. The van der Waals surface area contributed by atoms with E-state index in [-0.39, 0.29) is 11.2 Å². The second-order valence-corrected chi connectivity index (χ2v) is 14.3. The van der Waals surface area contributed by atoms with Gasteiger partial charge in [-0.1, -0.05) is 59.8 Å². The zero-order valence-electron chi connectivity index (χ0n) is 21.3. The summed E-state index contributed by atoms with van der Waals surface area (Å²) >= 11 is 0. The Balaban J connectivity index is 1.60. The molecule has 0 spiro atoms. The lowest BCUT2D eigenvalue weighted by molar-refractivity contribution is -0.204. The van der Waals surface area contributed by atoms with Crippen LogP contribution in [0.5, 0.6) is 0 Å². The maximum absolute atomic E-state index is 12.7. The minimum atomic E-state index is -0.394. The van der Waals surface area contributed by atoms with Crippen molar-refractivity contribution in [3.05, 3.63) is 35.5 Å². The van der Waals surface area contributed by atoms with Crippen LogP contribution in [-0.4, -0.2) is 5.78 Å². The maximum atomic E-state index is 12.7. The lowest BCUT2D eigenvalue weighted by atomic mass is 9.33. The van der Waals surface area contributed by atoms with Gasteiger partial charge in [-0.3, -0.25) is 4.79 Å². The number of carbonyl (C=O) groups is 1. The molecule has 1 nitrogen and oxygen atoms in total. The van der Waals surface area contributed by atoms with Crippen molar-refractivity contribution in [2.24, 2.45) is 44.3 Å². The van der Waals surface area contributed by atoms with Crippen molar-refractivity contribution >= 4 is 5.78 Å². The number of ketones is 1. The molecule has 3 fully saturated rings. The molecular weight excluding hydrogens is 376 g/mol. The van der Waals surface area contributed by atoms with Crippen molar-refractivity contribution in [3.8, 4) is 0 Å². The number of fused-ring (bicyclic) bond motifs is 6. The molecule has 0 unspecified atom stereocenters. The minimum Gasteiger partial charge on any atom is -0.294 e. The number of allylic oxidation sites excluding steroid dienone is 6. The van der Waals surface area contributed by atoms with Crippen LogP contribution in [0.1, 0.15) is 100 Å². The van der Waals surface area contributed by atoms with Crippen molar-refractivity contribution in [1.82, 2.24) is 0 Å². The number of hydrogen-bond acceptors (Lipinski definition) is 1. The van der Waals surface area contributed by atoms with Gasteiger partial charge in [0, 0.05) is 0 Å². The first kappa shape index (κ1) is 21.7. The number of hydrogen-bond donors (Lipinski definition) is 0. The Morgan fingerprint density at radius 2 is 1.35 bits per heavy atom. The van der Waals surface area contributed by atoms with Crippen molar-refractivity contribution in [1.29, 1.82) is 0 Å². The summed E-state index contributed by atoms with van der Waals surface area (Å²) in [6, 6.07) is 0. The highest BCUT2D eigenvalue weighted by Gasteiger charge is 2.67. The molecule has 5 aliphatic rings. The van der Waals surface area contributed by atoms with Crippen LogP contribution >= 0.6 is 0 Å². The van der Waals surface area contributed by atoms with Gasteiger partial charge in [-0.2, -0.15) is 0 Å². The van der Waals surface area contributed by atoms with E-state index in [1.165, 1.54) is 56.1 Å². The third-order valence-corrected chi connectivity index (χ3v) is 11.8. The van der Waals surface area contributed by atoms with Crippen LogP contribution < -0.4 is 0 Å². The van der Waals surface area contributed by atoms with Gasteiger partial charge in [0.25, 0.3) is 0 Å². The quantitative estimate of drug-likeness (QED) is 0.387. The summed E-state index contributed by atoms with van der Waals surface area (Å²) in [5.41, 5.74) is 4.18. The summed E-state index contributed by atoms with van der Waals surface area (Å²) in [5, 5.41) is 0. The van der Waals surface area contributed by atoms with Crippen molar-refractivity contribution in [2.45, 2.75) is 100 Å². The first-order valence-corrected chi connectivity index (χ1v) is 12.9. The smallest absolute Gasteiger partial charge is 0.165 e. The van der Waals surface area contributed by atoms with Gasteiger partial charge in [-0.15, -0.1) is 0 Å². The molecule has 0 aromatic carbocycles. The Morgan fingerprint density at radius 1 is 0.710 bits per heavy atom. The molecular formula is C30H44O. The van der Waals surface area contributed by atoms with Crippen LogP contribution in [0.25, 0.3) is 0 Å². The standard InChI is InChI=1S/C30H44O/c1-25(2)13-14-27(5)15-17-29(7)22-11-9-20-21(10-12-24(31)26(20,3)4)28(22,6)16-18-30(29,8)23(27)19-25/h9-12,22-23H,13-19H2,1-8H3/t22-,23+,27+,28-,29+,30-/m0/s1. The lowest BCUT2D eigenvalue weighted by Crippen LogP contribution is -2.64. The fourth-order valence-corrected chi connectivity index (χ4v) is 9.21. The predicted molar refractivity (Wildman–Crippen MR) is 130 cm³/mol. The molecule has 6 atom stereocenters. The van der Waals surface area contributed by atoms with Gasteiger partial charge in [0.05, 0.1) is 5.41 Å². The van der Waals surface area contributed by atoms with Crippen molar-refractivity contribution in [2.75, 3.05) is 0 Å². The third-order valence-electron chi connectivity index (χ3n) is 11.8. The predicted octanol–water partition coefficient (Wildman–Crippen LogP) is 8.07. The molecule has 1 heteroatoms. The molecule has 5 aliphatic carbocycles. The maximum Gasteiger partial charge on any atom is 0.165 e. The van der Waals surface area contributed by atoms with Gasteiger partial charge >= 0.3 is 0 Å². The minimum absolute atomic E-state index is 0.144. The van der Waals surface area contributed by atoms with E-state index in [0.29, 0.717) is 27.6 Å². The SMILES string of the molecule is CC1(C)CC[C@]2(C)CC[C@]3(C)[C@H]4C=CC5=C(C=CC(=O)C5(C)C)[C@]4(C)CC[C@@]3(C)[C@@H]2C1. The highest BCUT2D eigenvalue weighted by atomic mass is 16.1. The molecule has 0 saturated heterocycles. The average molecular weight is 421 g/mol. The van der Waals surface area contributed by atoms with Crippen LogP contribution in [0.2, 0.25) is 0 Å². The van der Waals surface area contributed by atoms with Gasteiger partial charge in [0.1, 0.15) is 0 Å². The van der Waals surface area contributed by atoms with E-state index in [1.807, 2.05) is 6.08 Å². The van der Waals surface area contributed by atoms with Crippen LogP contribution in [0.3, 0.4) is 0 Å².